The monoisotopic (exact) mass is 349 g/mol. The fourth-order valence-corrected chi connectivity index (χ4v) is 2.63. The largest absolute Gasteiger partial charge is 0.508 e. The molecule has 0 aliphatic rings. The van der Waals surface area contributed by atoms with Gasteiger partial charge < -0.3 is 20.2 Å². The third kappa shape index (κ3) is 5.44. The Morgan fingerprint density at radius 2 is 1.88 bits per heavy atom. The number of aliphatic hydroxyl groups excluding tert-OH is 1. The summed E-state index contributed by atoms with van der Waals surface area (Å²) in [6.45, 7) is 0.305. The molecule has 2 aromatic carbocycles. The molecular formula is C18H20ClNO4. The Labute approximate surface area is 145 Å². The van der Waals surface area contributed by atoms with Crippen molar-refractivity contribution >= 4 is 17.7 Å². The molecule has 5 nitrogen and oxygen atoms in total. The second kappa shape index (κ2) is 8.57. The van der Waals surface area contributed by atoms with Crippen molar-refractivity contribution in [3.05, 3.63) is 64.7 Å². The molecule has 0 saturated heterocycles. The summed E-state index contributed by atoms with van der Waals surface area (Å²) in [6, 6.07) is 13.6. The number of hydrogen-bond acceptors (Lipinski definition) is 3. The number of aryl methyl sites for hydroxylation is 1. The van der Waals surface area contributed by atoms with Crippen molar-refractivity contribution < 1.29 is 20.1 Å². The minimum absolute atomic E-state index is 0.00868. The predicted octanol–water partition coefficient (Wildman–Crippen LogP) is 3.69. The minimum Gasteiger partial charge on any atom is -0.508 e. The molecule has 1 atom stereocenters. The normalized spacial score (nSPS) is 11.9. The first kappa shape index (κ1) is 18.1. The lowest BCUT2D eigenvalue weighted by Gasteiger charge is -2.22. The molecule has 128 valence electrons. The van der Waals surface area contributed by atoms with Gasteiger partial charge in [-0.3, -0.25) is 0 Å². The van der Waals surface area contributed by atoms with Crippen LogP contribution in [0.25, 0.3) is 0 Å². The number of phenolic OH excluding ortho intramolecular Hbond substituents is 1. The maximum atomic E-state index is 11.4. The third-order valence-corrected chi connectivity index (χ3v) is 3.96. The molecule has 0 saturated carbocycles. The Morgan fingerprint density at radius 3 is 2.50 bits per heavy atom. The highest BCUT2D eigenvalue weighted by atomic mass is 35.5. The van der Waals surface area contributed by atoms with Gasteiger partial charge in [-0.25, -0.2) is 4.79 Å². The lowest BCUT2D eigenvalue weighted by atomic mass is 10.1. The number of hydrogen-bond donors (Lipinski definition) is 3. The third-order valence-electron chi connectivity index (χ3n) is 3.73. The lowest BCUT2D eigenvalue weighted by molar-refractivity contribution is 0.0962. The predicted molar refractivity (Wildman–Crippen MR) is 92.4 cm³/mol. The van der Waals surface area contributed by atoms with E-state index in [0.29, 0.717) is 30.0 Å². The number of rotatable bonds is 7. The van der Waals surface area contributed by atoms with E-state index in [1.165, 1.54) is 4.90 Å². The molecule has 0 unspecified atom stereocenters. The first-order valence-electron chi connectivity index (χ1n) is 7.65. The topological polar surface area (TPSA) is 81.0 Å². The second-order valence-corrected chi connectivity index (χ2v) is 6.01. The van der Waals surface area contributed by atoms with Crippen molar-refractivity contribution in [1.29, 1.82) is 0 Å². The van der Waals surface area contributed by atoms with E-state index in [1.807, 2.05) is 0 Å². The summed E-state index contributed by atoms with van der Waals surface area (Å²) >= 11 is 5.89. The standard InChI is InChI=1S/C18H20ClNO4/c19-15-5-1-4-14(11-15)17(22)12-20(18(23)24)10-2-3-13-6-8-16(21)9-7-13/h1,4-9,11,17,21-22H,2-3,10,12H2,(H,23,24)/t17-/m1/s1. The van der Waals surface area contributed by atoms with Crippen molar-refractivity contribution in [1.82, 2.24) is 4.90 Å². The van der Waals surface area contributed by atoms with E-state index in [9.17, 15) is 20.1 Å². The van der Waals surface area contributed by atoms with Crippen molar-refractivity contribution in [2.75, 3.05) is 13.1 Å². The zero-order valence-electron chi connectivity index (χ0n) is 13.1. The summed E-state index contributed by atoms with van der Waals surface area (Å²) in [5, 5.41) is 29.3. The summed E-state index contributed by atoms with van der Waals surface area (Å²) in [7, 11) is 0. The molecule has 0 aliphatic carbocycles. The molecule has 2 aromatic rings. The van der Waals surface area contributed by atoms with Crippen LogP contribution in [-0.4, -0.2) is 39.4 Å². The number of aliphatic hydroxyl groups is 1. The quantitative estimate of drug-likeness (QED) is 0.712. The van der Waals surface area contributed by atoms with E-state index in [2.05, 4.69) is 0 Å². The van der Waals surface area contributed by atoms with Crippen LogP contribution in [0.1, 0.15) is 23.7 Å². The van der Waals surface area contributed by atoms with E-state index < -0.39 is 12.2 Å². The van der Waals surface area contributed by atoms with E-state index in [0.717, 1.165) is 5.56 Å². The molecule has 6 heteroatoms. The molecule has 0 aromatic heterocycles. The minimum atomic E-state index is -1.07. The van der Waals surface area contributed by atoms with Crippen LogP contribution < -0.4 is 0 Å². The van der Waals surface area contributed by atoms with E-state index >= 15 is 0 Å². The maximum Gasteiger partial charge on any atom is 0.407 e. The van der Waals surface area contributed by atoms with Gasteiger partial charge in [0.25, 0.3) is 0 Å². The Kier molecular flexibility index (Phi) is 6.46. The molecule has 0 aliphatic heterocycles. The molecule has 0 heterocycles. The van der Waals surface area contributed by atoms with Gasteiger partial charge in [0.2, 0.25) is 0 Å². The van der Waals surface area contributed by atoms with Crippen molar-refractivity contribution in [2.45, 2.75) is 18.9 Å². The zero-order chi connectivity index (χ0) is 17.5. The van der Waals surface area contributed by atoms with Gasteiger partial charge >= 0.3 is 6.09 Å². The smallest absolute Gasteiger partial charge is 0.407 e. The first-order chi connectivity index (χ1) is 11.5. The number of nitrogens with zero attached hydrogens (tertiary/aromatic N) is 1. The van der Waals surface area contributed by atoms with Gasteiger partial charge in [0, 0.05) is 11.6 Å². The molecule has 3 N–H and O–H groups in total. The molecule has 2 rings (SSSR count). The molecule has 0 radical (unpaired) electrons. The highest BCUT2D eigenvalue weighted by Crippen LogP contribution is 2.19. The van der Waals surface area contributed by atoms with Gasteiger partial charge in [-0.2, -0.15) is 0 Å². The van der Waals surface area contributed by atoms with Crippen LogP contribution in [-0.2, 0) is 6.42 Å². The molecule has 24 heavy (non-hydrogen) atoms. The number of carbonyl (C=O) groups is 1. The number of amides is 1. The number of benzene rings is 2. The molecule has 0 bridgehead atoms. The van der Waals surface area contributed by atoms with Crippen molar-refractivity contribution in [2.24, 2.45) is 0 Å². The molecule has 0 spiro atoms. The van der Waals surface area contributed by atoms with Crippen LogP contribution in [0.2, 0.25) is 5.02 Å². The van der Waals surface area contributed by atoms with Crippen LogP contribution in [0.15, 0.2) is 48.5 Å². The van der Waals surface area contributed by atoms with Gasteiger partial charge in [-0.05, 0) is 48.2 Å². The van der Waals surface area contributed by atoms with Crippen LogP contribution in [0.3, 0.4) is 0 Å². The molecule has 1 amide bonds. The number of phenols is 1. The Morgan fingerprint density at radius 1 is 1.17 bits per heavy atom. The summed E-state index contributed by atoms with van der Waals surface area (Å²) < 4.78 is 0. The fourth-order valence-electron chi connectivity index (χ4n) is 2.43. The van der Waals surface area contributed by atoms with Crippen molar-refractivity contribution in [3.63, 3.8) is 0 Å². The van der Waals surface area contributed by atoms with Gasteiger partial charge in [-0.15, -0.1) is 0 Å². The second-order valence-electron chi connectivity index (χ2n) is 5.57. The summed E-state index contributed by atoms with van der Waals surface area (Å²) in [5.74, 6) is 0.204. The van der Waals surface area contributed by atoms with Crippen molar-refractivity contribution in [3.8, 4) is 5.75 Å². The number of aromatic hydroxyl groups is 1. The highest BCUT2D eigenvalue weighted by molar-refractivity contribution is 6.30. The van der Waals surface area contributed by atoms with Gasteiger partial charge in [0.15, 0.2) is 0 Å². The lowest BCUT2D eigenvalue weighted by Crippen LogP contribution is -2.34. The number of halogens is 1. The van der Waals surface area contributed by atoms with E-state index in [1.54, 1.807) is 48.5 Å². The summed E-state index contributed by atoms with van der Waals surface area (Å²) in [5.41, 5.74) is 1.61. The average Bonchev–Trinajstić information content (AvgIpc) is 2.55. The Hall–Kier alpha value is -2.24. The molecular weight excluding hydrogens is 330 g/mol. The van der Waals surface area contributed by atoms with Crippen LogP contribution in [0.4, 0.5) is 4.79 Å². The van der Waals surface area contributed by atoms with Gasteiger partial charge in [0.1, 0.15) is 5.75 Å². The average molecular weight is 350 g/mol. The summed E-state index contributed by atoms with van der Waals surface area (Å²) in [4.78, 5) is 12.6. The Balaban J connectivity index is 1.89. The maximum absolute atomic E-state index is 11.4. The van der Waals surface area contributed by atoms with Crippen LogP contribution in [0, 0.1) is 0 Å². The number of carboxylic acid groups (broad SMARTS) is 1. The zero-order valence-corrected chi connectivity index (χ0v) is 13.9. The van der Waals surface area contributed by atoms with E-state index in [4.69, 9.17) is 11.6 Å². The summed E-state index contributed by atoms with van der Waals surface area (Å²) in [6.07, 6.45) is -0.674. The SMILES string of the molecule is O=C(O)N(CCCc1ccc(O)cc1)C[C@@H](O)c1cccc(Cl)c1. The van der Waals surface area contributed by atoms with Crippen LogP contribution in [0.5, 0.6) is 5.75 Å². The fraction of sp³-hybridized carbons (Fsp3) is 0.278. The highest BCUT2D eigenvalue weighted by Gasteiger charge is 2.17. The van der Waals surface area contributed by atoms with Crippen LogP contribution >= 0.6 is 11.6 Å². The van der Waals surface area contributed by atoms with Gasteiger partial charge in [0.05, 0.1) is 12.6 Å². The van der Waals surface area contributed by atoms with Gasteiger partial charge in [-0.1, -0.05) is 35.9 Å². The molecule has 0 fully saturated rings. The first-order valence-corrected chi connectivity index (χ1v) is 8.03. The Bertz CT molecular complexity index is 675. The van der Waals surface area contributed by atoms with E-state index in [-0.39, 0.29) is 12.3 Å².